The summed E-state index contributed by atoms with van der Waals surface area (Å²) < 4.78 is 2.04. The van der Waals surface area contributed by atoms with Crippen LogP contribution in [0.3, 0.4) is 0 Å². The molecule has 0 bridgehead atoms. The molecule has 3 rings (SSSR count). The summed E-state index contributed by atoms with van der Waals surface area (Å²) in [4.78, 5) is 4.17. The molecular weight excluding hydrogens is 222 g/mol. The quantitative estimate of drug-likeness (QED) is 0.803. The van der Waals surface area contributed by atoms with E-state index in [2.05, 4.69) is 16.4 Å². The molecular formula is C12H10ClN3. The van der Waals surface area contributed by atoms with Crippen LogP contribution in [0.2, 0.25) is 5.02 Å². The number of aromatic nitrogens is 1. The van der Waals surface area contributed by atoms with Crippen LogP contribution in [0.15, 0.2) is 41.5 Å². The lowest BCUT2D eigenvalue weighted by Crippen LogP contribution is -2.08. The van der Waals surface area contributed by atoms with Crippen LogP contribution in [0, 0.1) is 0 Å². The number of nitrogens with zero attached hydrogens (tertiary/aromatic N) is 2. The molecule has 0 atom stereocenters. The average Bonchev–Trinajstić information content (AvgIpc) is 2.74. The Morgan fingerprint density at radius 1 is 1.25 bits per heavy atom. The summed E-state index contributed by atoms with van der Waals surface area (Å²) in [6, 6.07) is 9.85. The van der Waals surface area contributed by atoms with Gasteiger partial charge in [0.2, 0.25) is 0 Å². The summed E-state index contributed by atoms with van der Waals surface area (Å²) >= 11 is 6.18. The van der Waals surface area contributed by atoms with Crippen LogP contribution in [0.25, 0.3) is 5.69 Å². The third-order valence-corrected chi connectivity index (χ3v) is 2.96. The maximum Gasteiger partial charge on any atom is 0.120 e. The Kier molecular flexibility index (Phi) is 2.18. The summed E-state index contributed by atoms with van der Waals surface area (Å²) in [5.74, 6) is 1.04. The molecule has 0 unspecified atom stereocenters. The summed E-state index contributed by atoms with van der Waals surface area (Å²) in [7, 11) is 0. The third kappa shape index (κ3) is 1.41. The standard InChI is InChI=1S/C12H10ClN3/c13-10-3-1-2-4-11(10)16-6-5-9-7-14-8-15-12(9)16/h1-6,8H,7H2,(H,14,15). The van der Waals surface area contributed by atoms with Crippen molar-refractivity contribution >= 4 is 23.8 Å². The van der Waals surface area contributed by atoms with Gasteiger partial charge < -0.3 is 9.88 Å². The first-order chi connectivity index (χ1) is 7.86. The van der Waals surface area contributed by atoms with Crippen LogP contribution >= 0.6 is 11.6 Å². The maximum absolute atomic E-state index is 6.18. The molecule has 3 nitrogen and oxygen atoms in total. The molecule has 1 N–H and O–H groups in total. The molecule has 2 aromatic rings. The predicted molar refractivity (Wildman–Crippen MR) is 66.6 cm³/mol. The molecule has 0 radical (unpaired) electrons. The van der Waals surface area contributed by atoms with Gasteiger partial charge in [-0.1, -0.05) is 23.7 Å². The number of fused-ring (bicyclic) bond motifs is 1. The third-order valence-electron chi connectivity index (χ3n) is 2.64. The van der Waals surface area contributed by atoms with E-state index >= 15 is 0 Å². The van der Waals surface area contributed by atoms with Crippen molar-refractivity contribution in [2.75, 3.05) is 5.32 Å². The SMILES string of the molecule is Clc1ccccc1-n1ccc2c1NC=NC2. The molecule has 0 spiro atoms. The lowest BCUT2D eigenvalue weighted by Gasteiger charge is -2.14. The highest BCUT2D eigenvalue weighted by molar-refractivity contribution is 6.32. The molecule has 0 saturated heterocycles. The van der Waals surface area contributed by atoms with E-state index in [-0.39, 0.29) is 0 Å². The normalized spacial score (nSPS) is 13.3. The molecule has 16 heavy (non-hydrogen) atoms. The van der Waals surface area contributed by atoms with Crippen molar-refractivity contribution in [3.05, 3.63) is 47.1 Å². The fourth-order valence-electron chi connectivity index (χ4n) is 1.86. The van der Waals surface area contributed by atoms with Gasteiger partial charge in [0.15, 0.2) is 0 Å². The number of para-hydroxylation sites is 1. The van der Waals surface area contributed by atoms with Crippen LogP contribution in [-0.4, -0.2) is 10.9 Å². The summed E-state index contributed by atoms with van der Waals surface area (Å²) in [5, 5.41) is 3.89. The largest absolute Gasteiger partial charge is 0.332 e. The Morgan fingerprint density at radius 3 is 3.00 bits per heavy atom. The molecule has 0 aliphatic carbocycles. The van der Waals surface area contributed by atoms with Crippen LogP contribution < -0.4 is 5.32 Å². The van der Waals surface area contributed by atoms with Crippen LogP contribution in [-0.2, 0) is 6.54 Å². The van der Waals surface area contributed by atoms with Crippen molar-refractivity contribution < 1.29 is 0 Å². The molecule has 1 aliphatic rings. The Balaban J connectivity index is 2.15. The second-order valence-electron chi connectivity index (χ2n) is 3.63. The molecule has 1 aromatic carbocycles. The van der Waals surface area contributed by atoms with Gasteiger partial charge in [-0.15, -0.1) is 0 Å². The highest BCUT2D eigenvalue weighted by Crippen LogP contribution is 2.28. The minimum Gasteiger partial charge on any atom is -0.332 e. The topological polar surface area (TPSA) is 29.3 Å². The number of anilines is 1. The molecule has 2 heterocycles. The van der Waals surface area contributed by atoms with Gasteiger partial charge in [0.25, 0.3) is 0 Å². The highest BCUT2D eigenvalue weighted by atomic mass is 35.5. The molecule has 0 amide bonds. The smallest absolute Gasteiger partial charge is 0.120 e. The fourth-order valence-corrected chi connectivity index (χ4v) is 2.09. The average molecular weight is 232 g/mol. The zero-order valence-electron chi connectivity index (χ0n) is 8.52. The number of hydrogen-bond acceptors (Lipinski definition) is 2. The second kappa shape index (κ2) is 3.68. The van der Waals surface area contributed by atoms with Gasteiger partial charge >= 0.3 is 0 Å². The Labute approximate surface area is 98.4 Å². The maximum atomic E-state index is 6.18. The van der Waals surface area contributed by atoms with Crippen LogP contribution in [0.5, 0.6) is 0 Å². The Hall–Kier alpha value is -1.74. The van der Waals surface area contributed by atoms with E-state index in [0.717, 1.165) is 23.1 Å². The highest BCUT2D eigenvalue weighted by Gasteiger charge is 2.13. The molecule has 0 fully saturated rings. The number of nitrogens with one attached hydrogen (secondary N) is 1. The number of hydrogen-bond donors (Lipinski definition) is 1. The first-order valence-corrected chi connectivity index (χ1v) is 5.44. The van der Waals surface area contributed by atoms with Crippen molar-refractivity contribution in [2.24, 2.45) is 4.99 Å². The van der Waals surface area contributed by atoms with Gasteiger partial charge in [-0.3, -0.25) is 4.99 Å². The second-order valence-corrected chi connectivity index (χ2v) is 4.03. The fraction of sp³-hybridized carbons (Fsp3) is 0.0833. The van der Waals surface area contributed by atoms with Crippen molar-refractivity contribution in [3.8, 4) is 5.69 Å². The summed E-state index contributed by atoms with van der Waals surface area (Å²) in [6.45, 7) is 0.722. The minimum absolute atomic E-state index is 0.722. The van der Waals surface area contributed by atoms with Gasteiger partial charge in [-0.05, 0) is 18.2 Å². The predicted octanol–water partition coefficient (Wildman–Crippen LogP) is 3.08. The van der Waals surface area contributed by atoms with Gasteiger partial charge in [0.1, 0.15) is 5.82 Å². The van der Waals surface area contributed by atoms with E-state index in [1.54, 1.807) is 6.34 Å². The zero-order valence-corrected chi connectivity index (χ0v) is 9.28. The first-order valence-electron chi connectivity index (χ1n) is 5.06. The number of rotatable bonds is 1. The Morgan fingerprint density at radius 2 is 2.12 bits per heavy atom. The van der Waals surface area contributed by atoms with Crippen molar-refractivity contribution in [2.45, 2.75) is 6.54 Å². The van der Waals surface area contributed by atoms with E-state index in [1.807, 2.05) is 35.0 Å². The summed E-state index contributed by atoms with van der Waals surface area (Å²) in [5.41, 5.74) is 2.16. The summed E-state index contributed by atoms with van der Waals surface area (Å²) in [6.07, 6.45) is 3.73. The van der Waals surface area contributed by atoms with E-state index in [1.165, 1.54) is 5.56 Å². The van der Waals surface area contributed by atoms with Crippen LogP contribution in [0.1, 0.15) is 5.56 Å². The van der Waals surface area contributed by atoms with Gasteiger partial charge in [0.05, 0.1) is 23.6 Å². The van der Waals surface area contributed by atoms with E-state index in [9.17, 15) is 0 Å². The molecule has 0 saturated carbocycles. The zero-order chi connectivity index (χ0) is 11.0. The lowest BCUT2D eigenvalue weighted by molar-refractivity contribution is 1.02. The van der Waals surface area contributed by atoms with E-state index in [4.69, 9.17) is 11.6 Å². The van der Waals surface area contributed by atoms with Crippen molar-refractivity contribution in [1.82, 2.24) is 4.57 Å². The number of benzene rings is 1. The van der Waals surface area contributed by atoms with Crippen LogP contribution in [0.4, 0.5) is 5.82 Å². The van der Waals surface area contributed by atoms with E-state index in [0.29, 0.717) is 0 Å². The van der Waals surface area contributed by atoms with E-state index < -0.39 is 0 Å². The van der Waals surface area contributed by atoms with Crippen molar-refractivity contribution in [1.29, 1.82) is 0 Å². The van der Waals surface area contributed by atoms with Gasteiger partial charge in [-0.25, -0.2) is 0 Å². The van der Waals surface area contributed by atoms with Crippen molar-refractivity contribution in [3.63, 3.8) is 0 Å². The number of halogens is 1. The lowest BCUT2D eigenvalue weighted by atomic mass is 10.3. The minimum atomic E-state index is 0.722. The van der Waals surface area contributed by atoms with Gasteiger partial charge in [-0.2, -0.15) is 0 Å². The Bertz CT molecular complexity index is 557. The molecule has 80 valence electrons. The monoisotopic (exact) mass is 231 g/mol. The number of aliphatic imine (C=N–C) groups is 1. The van der Waals surface area contributed by atoms with Gasteiger partial charge in [0, 0.05) is 11.8 Å². The molecule has 1 aromatic heterocycles. The first kappa shape index (κ1) is 9.48. The molecule has 4 heteroatoms. The molecule has 1 aliphatic heterocycles.